The van der Waals surface area contributed by atoms with Gasteiger partial charge in [0.25, 0.3) is 0 Å². The number of aliphatic hydroxyl groups excluding tert-OH is 1. The minimum absolute atomic E-state index is 0.206. The first-order chi connectivity index (χ1) is 15.2. The predicted molar refractivity (Wildman–Crippen MR) is 110 cm³/mol. The maximum Gasteiger partial charge on any atom is 0.407 e. The quantitative estimate of drug-likeness (QED) is 0.729. The Hall–Kier alpha value is -2.49. The zero-order valence-corrected chi connectivity index (χ0v) is 17.3. The van der Waals surface area contributed by atoms with Gasteiger partial charge in [0.2, 0.25) is 0 Å². The zero-order valence-electron chi connectivity index (χ0n) is 17.3. The molecule has 0 radical (unpaired) electrons. The number of carbonyl (C=O) groups excluding carboxylic acids is 1. The minimum atomic E-state index is -1.08. The molecule has 2 aromatic carbocycles. The van der Waals surface area contributed by atoms with E-state index in [1.165, 1.54) is 0 Å². The third-order valence-electron chi connectivity index (χ3n) is 5.25. The van der Waals surface area contributed by atoms with Gasteiger partial charge in [0.15, 0.2) is 12.6 Å². The van der Waals surface area contributed by atoms with E-state index in [-0.39, 0.29) is 19.8 Å². The summed E-state index contributed by atoms with van der Waals surface area (Å²) in [6, 6.07) is 18.2. The van der Waals surface area contributed by atoms with Crippen LogP contribution >= 0.6 is 0 Å². The van der Waals surface area contributed by atoms with E-state index in [1.807, 2.05) is 60.7 Å². The number of fused-ring (bicyclic) bond motifs is 1. The summed E-state index contributed by atoms with van der Waals surface area (Å²) in [5.74, 6) is 0. The second kappa shape index (κ2) is 10.2. The summed E-state index contributed by atoms with van der Waals surface area (Å²) in [7, 11) is 0. The van der Waals surface area contributed by atoms with Gasteiger partial charge in [-0.25, -0.2) is 4.79 Å². The molecule has 2 saturated heterocycles. The standard InChI is InChI=1S/C23H27NO7/c1-2-27-23(26)24-18-19(25)20-17(14-29-21(31-20)16-11-7-4-8-12-16)30-22(18)28-13-15-9-5-3-6-10-15/h3-12,17-22,25H,2,13-14H2,1H3,(H,24,26)/t17-,18-,19-,20-,21?,22+/m1/s1. The summed E-state index contributed by atoms with van der Waals surface area (Å²) < 4.78 is 28.8. The monoisotopic (exact) mass is 429 g/mol. The van der Waals surface area contributed by atoms with Crippen molar-refractivity contribution < 1.29 is 33.6 Å². The van der Waals surface area contributed by atoms with Crippen LogP contribution in [0.2, 0.25) is 0 Å². The Morgan fingerprint density at radius 2 is 1.81 bits per heavy atom. The van der Waals surface area contributed by atoms with Crippen LogP contribution in [0.25, 0.3) is 0 Å². The van der Waals surface area contributed by atoms with Gasteiger partial charge < -0.3 is 34.1 Å². The Balaban J connectivity index is 1.48. The molecule has 0 aliphatic carbocycles. The third-order valence-corrected chi connectivity index (χ3v) is 5.25. The summed E-state index contributed by atoms with van der Waals surface area (Å²) in [4.78, 5) is 12.1. The van der Waals surface area contributed by atoms with Gasteiger partial charge in [-0.15, -0.1) is 0 Å². The van der Waals surface area contributed by atoms with Crippen LogP contribution in [0.15, 0.2) is 60.7 Å². The molecule has 2 aromatic rings. The second-order valence-electron chi connectivity index (χ2n) is 7.40. The van der Waals surface area contributed by atoms with Crippen LogP contribution < -0.4 is 5.32 Å². The number of nitrogens with one attached hydrogen (secondary N) is 1. The highest BCUT2D eigenvalue weighted by Crippen LogP contribution is 2.34. The molecule has 1 unspecified atom stereocenters. The Kier molecular flexibility index (Phi) is 7.16. The van der Waals surface area contributed by atoms with E-state index in [0.29, 0.717) is 0 Å². The molecule has 2 fully saturated rings. The second-order valence-corrected chi connectivity index (χ2v) is 7.40. The molecular weight excluding hydrogens is 402 g/mol. The minimum Gasteiger partial charge on any atom is -0.450 e. The third kappa shape index (κ3) is 5.23. The van der Waals surface area contributed by atoms with Crippen LogP contribution in [0.5, 0.6) is 0 Å². The van der Waals surface area contributed by atoms with Gasteiger partial charge >= 0.3 is 6.09 Å². The average molecular weight is 429 g/mol. The predicted octanol–water partition coefficient (Wildman–Crippen LogP) is 2.52. The average Bonchev–Trinajstić information content (AvgIpc) is 2.81. The topological polar surface area (TPSA) is 95.5 Å². The van der Waals surface area contributed by atoms with Gasteiger partial charge in [0.05, 0.1) is 19.8 Å². The highest BCUT2D eigenvalue weighted by molar-refractivity contribution is 5.67. The van der Waals surface area contributed by atoms with E-state index in [9.17, 15) is 9.90 Å². The van der Waals surface area contributed by atoms with Crippen molar-refractivity contribution >= 4 is 6.09 Å². The zero-order chi connectivity index (χ0) is 21.6. The van der Waals surface area contributed by atoms with Crippen molar-refractivity contribution in [2.45, 2.75) is 50.5 Å². The molecule has 0 aromatic heterocycles. The van der Waals surface area contributed by atoms with E-state index in [2.05, 4.69) is 5.32 Å². The molecule has 1 amide bonds. The number of rotatable bonds is 6. The molecule has 8 heteroatoms. The number of hydrogen-bond donors (Lipinski definition) is 2. The first-order valence-electron chi connectivity index (χ1n) is 10.4. The highest BCUT2D eigenvalue weighted by Gasteiger charge is 2.50. The van der Waals surface area contributed by atoms with Crippen molar-refractivity contribution in [3.8, 4) is 0 Å². The summed E-state index contributed by atoms with van der Waals surface area (Å²) >= 11 is 0. The molecule has 2 aliphatic rings. The van der Waals surface area contributed by atoms with Crippen molar-refractivity contribution in [1.29, 1.82) is 0 Å². The van der Waals surface area contributed by atoms with Crippen molar-refractivity contribution in [1.82, 2.24) is 5.32 Å². The lowest BCUT2D eigenvalue weighted by atomic mass is 9.96. The van der Waals surface area contributed by atoms with E-state index in [4.69, 9.17) is 23.7 Å². The van der Waals surface area contributed by atoms with Crippen LogP contribution in [0.4, 0.5) is 4.79 Å². The Morgan fingerprint density at radius 3 is 2.52 bits per heavy atom. The van der Waals surface area contributed by atoms with Gasteiger partial charge in [-0.2, -0.15) is 0 Å². The fourth-order valence-corrected chi connectivity index (χ4v) is 3.73. The largest absolute Gasteiger partial charge is 0.450 e. The molecular formula is C23H27NO7. The molecule has 166 valence electrons. The number of ether oxygens (including phenoxy) is 5. The number of benzene rings is 2. The van der Waals surface area contributed by atoms with Gasteiger partial charge in [-0.1, -0.05) is 60.7 Å². The Labute approximate surface area is 181 Å². The molecule has 0 saturated carbocycles. The SMILES string of the molecule is CCOC(=O)N[C@H]1[C@@H](OCc2ccccc2)O[C@@H]2COC(c3ccccc3)O[C@H]2[C@@H]1O. The lowest BCUT2D eigenvalue weighted by molar-refractivity contribution is -0.345. The normalized spacial score (nSPS) is 30.3. The van der Waals surface area contributed by atoms with Crippen molar-refractivity contribution in [3.05, 3.63) is 71.8 Å². The summed E-state index contributed by atoms with van der Waals surface area (Å²) in [5.41, 5.74) is 1.78. The molecule has 31 heavy (non-hydrogen) atoms. The Bertz CT molecular complexity index is 834. The lowest BCUT2D eigenvalue weighted by Crippen LogP contribution is -2.66. The van der Waals surface area contributed by atoms with Crippen LogP contribution in [0.3, 0.4) is 0 Å². The number of amides is 1. The number of alkyl carbamates (subject to hydrolysis) is 1. The molecule has 4 rings (SSSR count). The summed E-state index contributed by atoms with van der Waals surface area (Å²) in [6.45, 7) is 2.39. The van der Waals surface area contributed by atoms with Gasteiger partial charge in [-0.05, 0) is 12.5 Å². The van der Waals surface area contributed by atoms with Crippen molar-refractivity contribution in [3.63, 3.8) is 0 Å². The summed E-state index contributed by atoms with van der Waals surface area (Å²) in [5, 5.41) is 13.8. The molecule has 2 aliphatic heterocycles. The molecule has 8 nitrogen and oxygen atoms in total. The fourth-order valence-electron chi connectivity index (χ4n) is 3.73. The smallest absolute Gasteiger partial charge is 0.407 e. The van der Waals surface area contributed by atoms with E-state index < -0.39 is 43.0 Å². The molecule has 0 spiro atoms. The first-order valence-corrected chi connectivity index (χ1v) is 10.4. The number of aliphatic hydroxyl groups is 1. The van der Waals surface area contributed by atoms with Crippen LogP contribution in [-0.4, -0.2) is 55.1 Å². The molecule has 0 bridgehead atoms. The molecule has 2 N–H and O–H groups in total. The van der Waals surface area contributed by atoms with Crippen molar-refractivity contribution in [2.24, 2.45) is 0 Å². The molecule has 2 heterocycles. The van der Waals surface area contributed by atoms with Crippen LogP contribution in [-0.2, 0) is 30.3 Å². The Morgan fingerprint density at radius 1 is 1.10 bits per heavy atom. The van der Waals surface area contributed by atoms with Crippen molar-refractivity contribution in [2.75, 3.05) is 13.2 Å². The maximum atomic E-state index is 12.1. The van der Waals surface area contributed by atoms with Gasteiger partial charge in [0.1, 0.15) is 24.4 Å². The highest BCUT2D eigenvalue weighted by atomic mass is 16.7. The molecule has 6 atom stereocenters. The van der Waals surface area contributed by atoms with Gasteiger partial charge in [-0.3, -0.25) is 0 Å². The number of carbonyl (C=O) groups is 1. The van der Waals surface area contributed by atoms with Crippen LogP contribution in [0.1, 0.15) is 24.3 Å². The lowest BCUT2D eigenvalue weighted by Gasteiger charge is -2.47. The maximum absolute atomic E-state index is 12.1. The van der Waals surface area contributed by atoms with Crippen LogP contribution in [0, 0.1) is 0 Å². The van der Waals surface area contributed by atoms with E-state index >= 15 is 0 Å². The fraction of sp³-hybridized carbons (Fsp3) is 0.435. The van der Waals surface area contributed by atoms with Gasteiger partial charge in [0, 0.05) is 5.56 Å². The first kappa shape index (κ1) is 21.7. The van der Waals surface area contributed by atoms with E-state index in [1.54, 1.807) is 6.92 Å². The van der Waals surface area contributed by atoms with E-state index in [0.717, 1.165) is 11.1 Å². The summed E-state index contributed by atoms with van der Waals surface area (Å²) in [6.07, 6.45) is -4.53. The number of hydrogen-bond acceptors (Lipinski definition) is 7.